The van der Waals surface area contributed by atoms with Crippen molar-refractivity contribution >= 4 is 5.97 Å². The third-order valence-electron chi connectivity index (χ3n) is 2.26. The molecule has 3 N–H and O–H groups in total. The summed E-state index contributed by atoms with van der Waals surface area (Å²) >= 11 is 0. The molecule has 0 radical (unpaired) electrons. The van der Waals surface area contributed by atoms with E-state index < -0.39 is 5.97 Å². The number of rotatable bonds is 4. The van der Waals surface area contributed by atoms with Gasteiger partial charge in [-0.15, -0.1) is 0 Å². The lowest BCUT2D eigenvalue weighted by molar-refractivity contribution is -0.133. The Bertz CT molecular complexity index is 271. The minimum atomic E-state index is -0.886. The lowest BCUT2D eigenvalue weighted by atomic mass is 10.1. The van der Waals surface area contributed by atoms with Gasteiger partial charge in [-0.1, -0.05) is 6.92 Å². The van der Waals surface area contributed by atoms with Crippen LogP contribution >= 0.6 is 0 Å². The van der Waals surface area contributed by atoms with Crippen LogP contribution in [0.4, 0.5) is 0 Å². The van der Waals surface area contributed by atoms with E-state index in [0.29, 0.717) is 11.6 Å². The van der Waals surface area contributed by atoms with Crippen LogP contribution in [0.5, 0.6) is 0 Å². The number of carboxylic acids is 1. The van der Waals surface area contributed by atoms with Crippen LogP contribution in [0.15, 0.2) is 23.9 Å². The quantitative estimate of drug-likeness (QED) is 0.623. The van der Waals surface area contributed by atoms with Gasteiger partial charge in [0.05, 0.1) is 5.57 Å². The molecule has 0 spiro atoms. The normalized spacial score (nSPS) is 22.4. The number of aliphatic carboxylic acids is 1. The largest absolute Gasteiger partial charge is 0.478 e. The van der Waals surface area contributed by atoms with Crippen LogP contribution in [-0.2, 0) is 4.79 Å². The maximum absolute atomic E-state index is 10.9. The zero-order valence-electron chi connectivity index (χ0n) is 8.45. The van der Waals surface area contributed by atoms with Crippen molar-refractivity contribution in [3.05, 3.63) is 23.9 Å². The molecule has 0 aliphatic carbocycles. The van der Waals surface area contributed by atoms with Crippen molar-refractivity contribution in [3.8, 4) is 0 Å². The Morgan fingerprint density at radius 3 is 3.07 bits per heavy atom. The summed E-state index contributed by atoms with van der Waals surface area (Å²) in [4.78, 5) is 10.9. The standard InChI is InChI=1S/C10H16N2O2/c1-3-7(2)12-9-8(10(13)14)5-4-6-11-9/h4-7,9,11-12H,3H2,1-2H3,(H,13,14)/t7-,9?/m1/s1. The molecule has 78 valence electrons. The lowest BCUT2D eigenvalue weighted by Gasteiger charge is -2.25. The SMILES string of the molecule is CC[C@@H](C)NC1NC=CC=C1C(=O)O. The van der Waals surface area contributed by atoms with Crippen molar-refractivity contribution in [1.82, 2.24) is 10.6 Å². The Kier molecular flexibility index (Phi) is 3.71. The van der Waals surface area contributed by atoms with Gasteiger partial charge in [0.2, 0.25) is 0 Å². The number of hydrogen-bond acceptors (Lipinski definition) is 3. The van der Waals surface area contributed by atoms with Gasteiger partial charge in [-0.25, -0.2) is 4.79 Å². The smallest absolute Gasteiger partial charge is 0.335 e. The summed E-state index contributed by atoms with van der Waals surface area (Å²) in [5.41, 5.74) is 0.354. The minimum absolute atomic E-state index is 0.285. The molecule has 0 aromatic carbocycles. The lowest BCUT2D eigenvalue weighted by Crippen LogP contribution is -2.48. The van der Waals surface area contributed by atoms with Crippen LogP contribution in [0.25, 0.3) is 0 Å². The maximum atomic E-state index is 10.9. The molecule has 0 saturated carbocycles. The van der Waals surface area contributed by atoms with Crippen LogP contribution in [0.2, 0.25) is 0 Å². The molecule has 1 aliphatic heterocycles. The van der Waals surface area contributed by atoms with Gasteiger partial charge in [0.25, 0.3) is 0 Å². The fourth-order valence-corrected chi connectivity index (χ4v) is 1.22. The first-order valence-corrected chi connectivity index (χ1v) is 4.77. The Balaban J connectivity index is 2.65. The zero-order chi connectivity index (χ0) is 10.6. The molecule has 0 aromatic rings. The summed E-state index contributed by atoms with van der Waals surface area (Å²) < 4.78 is 0. The van der Waals surface area contributed by atoms with E-state index in [1.807, 2.05) is 6.92 Å². The summed E-state index contributed by atoms with van der Waals surface area (Å²) in [7, 11) is 0. The molecule has 0 aromatic heterocycles. The van der Waals surface area contributed by atoms with Crippen molar-refractivity contribution < 1.29 is 9.90 Å². The number of carboxylic acid groups (broad SMARTS) is 1. The van der Waals surface area contributed by atoms with Gasteiger partial charge in [-0.2, -0.15) is 0 Å². The van der Waals surface area contributed by atoms with E-state index in [1.54, 1.807) is 18.4 Å². The molecule has 4 nitrogen and oxygen atoms in total. The first-order chi connectivity index (χ1) is 6.65. The minimum Gasteiger partial charge on any atom is -0.478 e. The second-order valence-corrected chi connectivity index (χ2v) is 3.36. The van der Waals surface area contributed by atoms with E-state index in [0.717, 1.165) is 6.42 Å². The summed E-state index contributed by atoms with van der Waals surface area (Å²) in [6, 6.07) is 0.293. The molecule has 1 rings (SSSR count). The first kappa shape index (κ1) is 10.8. The molecule has 0 fully saturated rings. The predicted molar refractivity (Wildman–Crippen MR) is 54.7 cm³/mol. The number of hydrogen-bond donors (Lipinski definition) is 3. The zero-order valence-corrected chi connectivity index (χ0v) is 8.45. The van der Waals surface area contributed by atoms with Gasteiger partial charge < -0.3 is 10.4 Å². The third kappa shape index (κ3) is 2.60. The van der Waals surface area contributed by atoms with Crippen molar-refractivity contribution in [3.63, 3.8) is 0 Å². The van der Waals surface area contributed by atoms with E-state index in [-0.39, 0.29) is 6.17 Å². The predicted octanol–water partition coefficient (Wildman–Crippen LogP) is 0.828. The highest BCUT2D eigenvalue weighted by molar-refractivity contribution is 5.88. The van der Waals surface area contributed by atoms with E-state index in [2.05, 4.69) is 17.6 Å². The Morgan fingerprint density at radius 2 is 2.50 bits per heavy atom. The fraction of sp³-hybridized carbons (Fsp3) is 0.500. The summed E-state index contributed by atoms with van der Waals surface area (Å²) in [6.45, 7) is 4.08. The highest BCUT2D eigenvalue weighted by atomic mass is 16.4. The number of allylic oxidation sites excluding steroid dienone is 2. The second kappa shape index (κ2) is 4.81. The van der Waals surface area contributed by atoms with Gasteiger partial charge in [0.15, 0.2) is 0 Å². The van der Waals surface area contributed by atoms with Crippen molar-refractivity contribution in [2.75, 3.05) is 0 Å². The highest BCUT2D eigenvalue weighted by Gasteiger charge is 2.21. The molecule has 1 heterocycles. The van der Waals surface area contributed by atoms with Gasteiger partial charge in [0.1, 0.15) is 6.17 Å². The van der Waals surface area contributed by atoms with E-state index in [1.165, 1.54) is 0 Å². The highest BCUT2D eigenvalue weighted by Crippen LogP contribution is 2.06. The summed E-state index contributed by atoms with van der Waals surface area (Å²) in [5, 5.41) is 15.1. The molecular formula is C10H16N2O2. The number of carbonyl (C=O) groups is 1. The molecule has 1 aliphatic rings. The van der Waals surface area contributed by atoms with Gasteiger partial charge in [-0.05, 0) is 31.7 Å². The first-order valence-electron chi connectivity index (χ1n) is 4.77. The third-order valence-corrected chi connectivity index (χ3v) is 2.26. The Morgan fingerprint density at radius 1 is 1.79 bits per heavy atom. The van der Waals surface area contributed by atoms with Crippen LogP contribution in [0.1, 0.15) is 20.3 Å². The fourth-order valence-electron chi connectivity index (χ4n) is 1.22. The monoisotopic (exact) mass is 196 g/mol. The molecule has 0 bridgehead atoms. The summed E-state index contributed by atoms with van der Waals surface area (Å²) in [6.07, 6.45) is 5.73. The van der Waals surface area contributed by atoms with E-state index >= 15 is 0 Å². The number of dihydropyridines is 1. The molecule has 2 atom stereocenters. The molecule has 1 unspecified atom stereocenters. The van der Waals surface area contributed by atoms with Gasteiger partial charge >= 0.3 is 5.97 Å². The average molecular weight is 196 g/mol. The van der Waals surface area contributed by atoms with Crippen LogP contribution < -0.4 is 10.6 Å². The van der Waals surface area contributed by atoms with Crippen molar-refractivity contribution in [2.24, 2.45) is 0 Å². The van der Waals surface area contributed by atoms with E-state index in [9.17, 15) is 4.79 Å². The maximum Gasteiger partial charge on any atom is 0.335 e. The average Bonchev–Trinajstić information content (AvgIpc) is 2.18. The van der Waals surface area contributed by atoms with Gasteiger partial charge in [0, 0.05) is 6.04 Å². The molecular weight excluding hydrogens is 180 g/mol. The van der Waals surface area contributed by atoms with E-state index in [4.69, 9.17) is 5.11 Å². The topological polar surface area (TPSA) is 61.4 Å². The van der Waals surface area contributed by atoms with Crippen LogP contribution in [0, 0.1) is 0 Å². The van der Waals surface area contributed by atoms with Crippen LogP contribution in [-0.4, -0.2) is 23.3 Å². The summed E-state index contributed by atoms with van der Waals surface area (Å²) in [5.74, 6) is -0.886. The molecule has 14 heavy (non-hydrogen) atoms. The Labute approximate surface area is 83.7 Å². The molecule has 0 amide bonds. The Hall–Kier alpha value is -1.29. The molecule has 0 saturated heterocycles. The van der Waals surface area contributed by atoms with Gasteiger partial charge in [-0.3, -0.25) is 5.32 Å². The molecule has 4 heteroatoms. The van der Waals surface area contributed by atoms with Crippen LogP contribution in [0.3, 0.4) is 0 Å². The van der Waals surface area contributed by atoms with Crippen molar-refractivity contribution in [1.29, 1.82) is 0 Å². The number of nitrogens with one attached hydrogen (secondary N) is 2. The van der Waals surface area contributed by atoms with Crippen molar-refractivity contribution in [2.45, 2.75) is 32.5 Å². The second-order valence-electron chi connectivity index (χ2n) is 3.36.